The van der Waals surface area contributed by atoms with Crippen LogP contribution in [-0.4, -0.2) is 77.3 Å². The van der Waals surface area contributed by atoms with Crippen LogP contribution in [0.25, 0.3) is 16.9 Å². The average molecular weight is 423 g/mol. The SMILES string of the molecule is COc1ccc(-c2cc(N3CCC(C(C)N4CCOCC4)CC3)c3nncn3n2)cc1. The van der Waals surface area contributed by atoms with Gasteiger partial charge in [-0.1, -0.05) is 0 Å². The van der Waals surface area contributed by atoms with E-state index in [-0.39, 0.29) is 0 Å². The van der Waals surface area contributed by atoms with Crippen LogP contribution in [0.1, 0.15) is 19.8 Å². The molecule has 0 saturated carbocycles. The third-order valence-electron chi connectivity index (χ3n) is 6.82. The standard InChI is InChI=1S/C23H30N6O2/c1-17(27-11-13-31-14-12-27)18-7-9-28(10-8-18)22-15-21(26-29-16-24-25-23(22)29)19-3-5-20(30-2)6-4-19/h3-6,15-18H,7-14H2,1-2H3. The van der Waals surface area contributed by atoms with Gasteiger partial charge in [0.1, 0.15) is 12.1 Å². The lowest BCUT2D eigenvalue weighted by Gasteiger charge is -2.41. The largest absolute Gasteiger partial charge is 0.497 e. The lowest BCUT2D eigenvalue weighted by atomic mass is 9.89. The molecule has 0 bridgehead atoms. The van der Waals surface area contributed by atoms with Gasteiger partial charge in [0.25, 0.3) is 0 Å². The summed E-state index contributed by atoms with van der Waals surface area (Å²) in [6, 6.07) is 10.8. The Hall–Kier alpha value is -2.71. The van der Waals surface area contributed by atoms with Gasteiger partial charge in [-0.15, -0.1) is 10.2 Å². The van der Waals surface area contributed by atoms with E-state index in [9.17, 15) is 0 Å². The highest BCUT2D eigenvalue weighted by Crippen LogP contribution is 2.32. The van der Waals surface area contributed by atoms with E-state index in [2.05, 4.69) is 33.0 Å². The second-order valence-corrected chi connectivity index (χ2v) is 8.46. The van der Waals surface area contributed by atoms with Gasteiger partial charge >= 0.3 is 0 Å². The van der Waals surface area contributed by atoms with Crippen LogP contribution in [-0.2, 0) is 4.74 Å². The molecule has 8 nitrogen and oxygen atoms in total. The lowest BCUT2D eigenvalue weighted by molar-refractivity contribution is 0.00449. The van der Waals surface area contributed by atoms with Gasteiger partial charge in [0.05, 0.1) is 31.7 Å². The van der Waals surface area contributed by atoms with Gasteiger partial charge in [0, 0.05) is 37.8 Å². The van der Waals surface area contributed by atoms with E-state index >= 15 is 0 Å². The van der Waals surface area contributed by atoms with E-state index in [4.69, 9.17) is 14.6 Å². The molecule has 1 atom stereocenters. The Labute approximate surface area is 182 Å². The van der Waals surface area contributed by atoms with E-state index < -0.39 is 0 Å². The second kappa shape index (κ2) is 8.80. The van der Waals surface area contributed by atoms with Crippen molar-refractivity contribution >= 4 is 11.3 Å². The Morgan fingerprint density at radius 3 is 2.52 bits per heavy atom. The number of methoxy groups -OCH3 is 1. The molecule has 1 aromatic carbocycles. The van der Waals surface area contributed by atoms with Crippen molar-refractivity contribution in [2.45, 2.75) is 25.8 Å². The summed E-state index contributed by atoms with van der Waals surface area (Å²) >= 11 is 0. The number of piperidine rings is 1. The van der Waals surface area contributed by atoms with E-state index in [1.54, 1.807) is 18.0 Å². The van der Waals surface area contributed by atoms with Gasteiger partial charge in [0.15, 0.2) is 0 Å². The molecule has 2 aliphatic heterocycles. The highest BCUT2D eigenvalue weighted by Gasteiger charge is 2.29. The quantitative estimate of drug-likeness (QED) is 0.626. The minimum absolute atomic E-state index is 0.603. The number of benzene rings is 1. The molecule has 164 valence electrons. The maximum absolute atomic E-state index is 5.53. The zero-order chi connectivity index (χ0) is 21.2. The fourth-order valence-electron chi connectivity index (χ4n) is 4.85. The predicted octanol–water partition coefficient (Wildman–Crippen LogP) is 2.74. The van der Waals surface area contributed by atoms with Crippen molar-refractivity contribution in [1.29, 1.82) is 0 Å². The number of hydrogen-bond donors (Lipinski definition) is 0. The molecular weight excluding hydrogens is 392 g/mol. The summed E-state index contributed by atoms with van der Waals surface area (Å²) in [6.45, 7) is 8.26. The molecule has 4 heterocycles. The molecule has 8 heteroatoms. The first-order valence-electron chi connectivity index (χ1n) is 11.1. The van der Waals surface area contributed by atoms with Crippen molar-refractivity contribution < 1.29 is 9.47 Å². The number of aromatic nitrogens is 4. The van der Waals surface area contributed by atoms with Crippen LogP contribution >= 0.6 is 0 Å². The molecule has 0 radical (unpaired) electrons. The van der Waals surface area contributed by atoms with E-state index in [0.717, 1.165) is 67.7 Å². The maximum Gasteiger partial charge on any atom is 0.200 e. The van der Waals surface area contributed by atoms with Crippen molar-refractivity contribution in [1.82, 2.24) is 24.7 Å². The monoisotopic (exact) mass is 422 g/mol. The number of ether oxygens (including phenoxy) is 2. The third kappa shape index (κ3) is 4.09. The Morgan fingerprint density at radius 2 is 1.81 bits per heavy atom. The van der Waals surface area contributed by atoms with E-state index in [1.807, 2.05) is 24.3 Å². The van der Waals surface area contributed by atoms with Gasteiger partial charge < -0.3 is 14.4 Å². The van der Waals surface area contributed by atoms with Crippen molar-refractivity contribution in [2.24, 2.45) is 5.92 Å². The molecule has 3 aromatic rings. The van der Waals surface area contributed by atoms with Crippen molar-refractivity contribution in [2.75, 3.05) is 51.4 Å². The van der Waals surface area contributed by atoms with Gasteiger partial charge in [0.2, 0.25) is 5.65 Å². The number of fused-ring (bicyclic) bond motifs is 1. The zero-order valence-corrected chi connectivity index (χ0v) is 18.3. The lowest BCUT2D eigenvalue weighted by Crippen LogP contribution is -2.48. The van der Waals surface area contributed by atoms with E-state index in [0.29, 0.717) is 12.0 Å². The fraction of sp³-hybridized carbons (Fsp3) is 0.522. The van der Waals surface area contributed by atoms with E-state index in [1.165, 1.54) is 12.8 Å². The maximum atomic E-state index is 5.53. The minimum Gasteiger partial charge on any atom is -0.497 e. The first-order valence-corrected chi connectivity index (χ1v) is 11.1. The molecule has 31 heavy (non-hydrogen) atoms. The summed E-state index contributed by atoms with van der Waals surface area (Å²) in [5.74, 6) is 1.55. The molecular formula is C23H30N6O2. The summed E-state index contributed by atoms with van der Waals surface area (Å²) in [4.78, 5) is 5.04. The molecule has 2 aromatic heterocycles. The summed E-state index contributed by atoms with van der Waals surface area (Å²) < 4.78 is 12.6. The van der Waals surface area contributed by atoms with Crippen molar-refractivity contribution in [3.05, 3.63) is 36.7 Å². The Morgan fingerprint density at radius 1 is 1.06 bits per heavy atom. The van der Waals surface area contributed by atoms with Crippen LogP contribution in [0.2, 0.25) is 0 Å². The zero-order valence-electron chi connectivity index (χ0n) is 18.3. The molecule has 1 unspecified atom stereocenters. The van der Waals surface area contributed by atoms with Crippen LogP contribution in [0.3, 0.4) is 0 Å². The number of anilines is 1. The summed E-state index contributed by atoms with van der Waals surface area (Å²) in [6.07, 6.45) is 4.04. The first-order chi connectivity index (χ1) is 15.2. The molecule has 0 amide bonds. The molecule has 2 fully saturated rings. The Kier molecular flexibility index (Phi) is 5.74. The minimum atomic E-state index is 0.603. The molecule has 2 aliphatic rings. The van der Waals surface area contributed by atoms with Crippen LogP contribution in [0, 0.1) is 5.92 Å². The molecule has 0 N–H and O–H groups in total. The normalized spacial score (nSPS) is 19.6. The smallest absolute Gasteiger partial charge is 0.200 e. The highest BCUT2D eigenvalue weighted by atomic mass is 16.5. The number of rotatable bonds is 5. The predicted molar refractivity (Wildman–Crippen MR) is 120 cm³/mol. The molecule has 5 rings (SSSR count). The molecule has 0 aliphatic carbocycles. The van der Waals surface area contributed by atoms with Crippen LogP contribution in [0.4, 0.5) is 5.69 Å². The van der Waals surface area contributed by atoms with Gasteiger partial charge in [-0.25, -0.2) is 0 Å². The van der Waals surface area contributed by atoms with Crippen molar-refractivity contribution in [3.8, 4) is 17.0 Å². The Balaban J connectivity index is 1.35. The summed E-state index contributed by atoms with van der Waals surface area (Å²) in [7, 11) is 1.68. The second-order valence-electron chi connectivity index (χ2n) is 8.46. The number of hydrogen-bond acceptors (Lipinski definition) is 7. The highest BCUT2D eigenvalue weighted by molar-refractivity contribution is 5.74. The Bertz CT molecular complexity index is 1010. The fourth-order valence-corrected chi connectivity index (χ4v) is 4.85. The van der Waals surface area contributed by atoms with Crippen LogP contribution in [0.5, 0.6) is 5.75 Å². The van der Waals surface area contributed by atoms with Gasteiger partial charge in [-0.2, -0.15) is 9.61 Å². The van der Waals surface area contributed by atoms with Crippen molar-refractivity contribution in [3.63, 3.8) is 0 Å². The van der Waals surface area contributed by atoms with Gasteiger partial charge in [-0.05, 0) is 56.0 Å². The average Bonchev–Trinajstić information content (AvgIpc) is 3.32. The third-order valence-corrected chi connectivity index (χ3v) is 6.82. The van der Waals surface area contributed by atoms with Crippen LogP contribution in [0.15, 0.2) is 36.7 Å². The van der Waals surface area contributed by atoms with Gasteiger partial charge in [-0.3, -0.25) is 4.90 Å². The first kappa shape index (κ1) is 20.2. The van der Waals surface area contributed by atoms with Crippen LogP contribution < -0.4 is 9.64 Å². The topological polar surface area (TPSA) is 68.0 Å². The molecule has 0 spiro atoms. The molecule has 2 saturated heterocycles. The summed E-state index contributed by atoms with van der Waals surface area (Å²) in [5, 5.41) is 13.2. The summed E-state index contributed by atoms with van der Waals surface area (Å²) in [5.41, 5.74) is 3.88. The number of nitrogens with zero attached hydrogens (tertiary/aromatic N) is 6. The number of morpholine rings is 1.